The van der Waals surface area contributed by atoms with Crippen LogP contribution in [0.15, 0.2) is 48.5 Å². The normalized spacial score (nSPS) is 12.7. The molecule has 2 aromatic carbocycles. The maximum atomic E-state index is 12.6. The zero-order valence-corrected chi connectivity index (χ0v) is 13.1. The smallest absolute Gasteiger partial charge is 0.416 e. The van der Waals surface area contributed by atoms with Gasteiger partial charge in [0.2, 0.25) is 0 Å². The van der Waals surface area contributed by atoms with Crippen molar-refractivity contribution in [1.29, 1.82) is 0 Å². The minimum absolute atomic E-state index is 0.0769. The Balaban J connectivity index is 2.10. The molecule has 128 valence electrons. The summed E-state index contributed by atoms with van der Waals surface area (Å²) in [4.78, 5) is 11.4. The van der Waals surface area contributed by atoms with Crippen LogP contribution in [0.3, 0.4) is 0 Å². The molecule has 0 aliphatic heterocycles. The van der Waals surface area contributed by atoms with Gasteiger partial charge >= 0.3 is 12.1 Å². The van der Waals surface area contributed by atoms with E-state index in [-0.39, 0.29) is 12.4 Å². The fraction of sp³-hybridized carbons (Fsp3) is 0.278. The molecule has 2 aromatic rings. The fourth-order valence-electron chi connectivity index (χ4n) is 2.29. The molecule has 0 aliphatic rings. The lowest BCUT2D eigenvalue weighted by Crippen LogP contribution is -2.17. The Morgan fingerprint density at radius 2 is 1.54 bits per heavy atom. The zero-order chi connectivity index (χ0) is 17.7. The summed E-state index contributed by atoms with van der Waals surface area (Å²) in [6.45, 7) is 2.03. The number of hydrogen-bond acceptors (Lipinski definition) is 3. The van der Waals surface area contributed by atoms with Crippen molar-refractivity contribution in [2.24, 2.45) is 5.73 Å². The SMILES string of the molecule is CCOC(=O)C[C@@H](N)c1ccc(-c2ccc(C(F)(F)F)cc2)cc1. The van der Waals surface area contributed by atoms with Crippen molar-refractivity contribution < 1.29 is 22.7 Å². The molecule has 0 aliphatic carbocycles. The lowest BCUT2D eigenvalue weighted by atomic mass is 9.99. The standard InChI is InChI=1S/C18H18F3NO2/c1-2-24-17(23)11-16(22)14-5-3-12(4-6-14)13-7-9-15(10-8-13)18(19,20)21/h3-10,16H,2,11,22H2,1H3/t16-/m1/s1. The predicted octanol–water partition coefficient (Wildman–Crippen LogP) is 4.33. The summed E-state index contributed by atoms with van der Waals surface area (Å²) >= 11 is 0. The molecule has 0 radical (unpaired) electrons. The van der Waals surface area contributed by atoms with E-state index in [0.29, 0.717) is 12.2 Å². The van der Waals surface area contributed by atoms with E-state index in [9.17, 15) is 18.0 Å². The first-order valence-corrected chi connectivity index (χ1v) is 7.50. The van der Waals surface area contributed by atoms with E-state index >= 15 is 0 Å². The van der Waals surface area contributed by atoms with Gasteiger partial charge in [-0.15, -0.1) is 0 Å². The van der Waals surface area contributed by atoms with Crippen molar-refractivity contribution in [3.8, 4) is 11.1 Å². The van der Waals surface area contributed by atoms with Gasteiger partial charge in [0.05, 0.1) is 18.6 Å². The molecule has 1 atom stereocenters. The molecule has 0 spiro atoms. The number of ether oxygens (including phenoxy) is 1. The highest BCUT2D eigenvalue weighted by Crippen LogP contribution is 2.31. The number of carbonyl (C=O) groups excluding carboxylic acids is 1. The third-order valence-electron chi connectivity index (χ3n) is 3.58. The van der Waals surface area contributed by atoms with Crippen LogP contribution in [-0.2, 0) is 15.7 Å². The van der Waals surface area contributed by atoms with Crippen molar-refractivity contribution in [3.63, 3.8) is 0 Å². The second-order valence-electron chi connectivity index (χ2n) is 5.31. The summed E-state index contributed by atoms with van der Waals surface area (Å²) < 4.78 is 42.6. The van der Waals surface area contributed by atoms with Crippen LogP contribution in [0.5, 0.6) is 0 Å². The van der Waals surface area contributed by atoms with E-state index in [1.807, 2.05) is 0 Å². The number of benzene rings is 2. The topological polar surface area (TPSA) is 52.3 Å². The molecule has 0 bridgehead atoms. The molecule has 0 fully saturated rings. The number of rotatable bonds is 5. The van der Waals surface area contributed by atoms with E-state index in [4.69, 9.17) is 10.5 Å². The van der Waals surface area contributed by atoms with Crippen LogP contribution < -0.4 is 5.73 Å². The average Bonchev–Trinajstić information content (AvgIpc) is 2.54. The quantitative estimate of drug-likeness (QED) is 0.827. The highest BCUT2D eigenvalue weighted by molar-refractivity contribution is 5.70. The van der Waals surface area contributed by atoms with E-state index in [2.05, 4.69) is 0 Å². The van der Waals surface area contributed by atoms with Crippen LogP contribution in [0.1, 0.15) is 30.5 Å². The Bertz CT molecular complexity index is 679. The molecule has 0 saturated carbocycles. The number of carbonyl (C=O) groups is 1. The van der Waals surface area contributed by atoms with Gasteiger partial charge in [-0.1, -0.05) is 36.4 Å². The molecule has 6 heteroatoms. The summed E-state index contributed by atoms with van der Waals surface area (Å²) in [6.07, 6.45) is -4.27. The zero-order valence-electron chi connectivity index (χ0n) is 13.1. The summed E-state index contributed by atoms with van der Waals surface area (Å²) in [5, 5.41) is 0. The van der Waals surface area contributed by atoms with Gasteiger partial charge in [0.15, 0.2) is 0 Å². The second-order valence-corrected chi connectivity index (χ2v) is 5.31. The van der Waals surface area contributed by atoms with E-state index in [1.54, 1.807) is 31.2 Å². The van der Waals surface area contributed by atoms with Gasteiger partial charge in [-0.2, -0.15) is 13.2 Å². The Hall–Kier alpha value is -2.34. The summed E-state index contributed by atoms with van der Waals surface area (Å²) in [7, 11) is 0. The molecular weight excluding hydrogens is 319 g/mol. The Labute approximate surface area is 138 Å². The lowest BCUT2D eigenvalue weighted by Gasteiger charge is -2.12. The van der Waals surface area contributed by atoms with E-state index in [1.165, 1.54) is 12.1 Å². The van der Waals surface area contributed by atoms with Crippen LogP contribution in [-0.4, -0.2) is 12.6 Å². The monoisotopic (exact) mass is 337 g/mol. The molecule has 0 amide bonds. The van der Waals surface area contributed by atoms with Crippen molar-refractivity contribution in [3.05, 3.63) is 59.7 Å². The molecule has 2 rings (SSSR count). The molecule has 3 nitrogen and oxygen atoms in total. The number of alkyl halides is 3. The van der Waals surface area contributed by atoms with Crippen LogP contribution in [0, 0.1) is 0 Å². The molecule has 0 unspecified atom stereocenters. The molecular formula is C18H18F3NO2. The van der Waals surface area contributed by atoms with E-state index in [0.717, 1.165) is 23.3 Å². The highest BCUT2D eigenvalue weighted by atomic mass is 19.4. The summed E-state index contributed by atoms with van der Waals surface area (Å²) in [5.41, 5.74) is 7.49. The van der Waals surface area contributed by atoms with Crippen LogP contribution in [0.2, 0.25) is 0 Å². The van der Waals surface area contributed by atoms with Crippen molar-refractivity contribution in [2.45, 2.75) is 25.6 Å². The molecule has 2 N–H and O–H groups in total. The maximum absolute atomic E-state index is 12.6. The highest BCUT2D eigenvalue weighted by Gasteiger charge is 2.29. The second kappa shape index (κ2) is 7.49. The maximum Gasteiger partial charge on any atom is 0.416 e. The first-order valence-electron chi connectivity index (χ1n) is 7.50. The summed E-state index contributed by atoms with van der Waals surface area (Å²) in [5.74, 6) is -0.364. The van der Waals surface area contributed by atoms with Gasteiger partial charge in [0.1, 0.15) is 0 Å². The van der Waals surface area contributed by atoms with E-state index < -0.39 is 17.8 Å². The van der Waals surface area contributed by atoms with Gasteiger partial charge in [-0.3, -0.25) is 4.79 Å². The number of hydrogen-bond donors (Lipinski definition) is 1. The third kappa shape index (κ3) is 4.58. The molecule has 0 saturated heterocycles. The first-order chi connectivity index (χ1) is 11.3. The van der Waals surface area contributed by atoms with Crippen molar-refractivity contribution >= 4 is 5.97 Å². The molecule has 24 heavy (non-hydrogen) atoms. The fourth-order valence-corrected chi connectivity index (χ4v) is 2.29. The Morgan fingerprint density at radius 3 is 2.00 bits per heavy atom. The van der Waals surface area contributed by atoms with Gasteiger partial charge in [-0.25, -0.2) is 0 Å². The largest absolute Gasteiger partial charge is 0.466 e. The first kappa shape index (κ1) is 18.0. The average molecular weight is 337 g/mol. The molecule has 0 aromatic heterocycles. The minimum Gasteiger partial charge on any atom is -0.466 e. The Morgan fingerprint density at radius 1 is 1.04 bits per heavy atom. The van der Waals surface area contributed by atoms with Gasteiger partial charge in [-0.05, 0) is 35.7 Å². The summed E-state index contributed by atoms with van der Waals surface area (Å²) in [6, 6.07) is 11.5. The van der Waals surface area contributed by atoms with Crippen LogP contribution in [0.25, 0.3) is 11.1 Å². The lowest BCUT2D eigenvalue weighted by molar-refractivity contribution is -0.143. The Kier molecular flexibility index (Phi) is 5.62. The van der Waals surface area contributed by atoms with Crippen molar-refractivity contribution in [1.82, 2.24) is 0 Å². The van der Waals surface area contributed by atoms with Crippen molar-refractivity contribution in [2.75, 3.05) is 6.61 Å². The molecule has 0 heterocycles. The van der Waals surface area contributed by atoms with Crippen LogP contribution >= 0.6 is 0 Å². The number of halogens is 3. The number of esters is 1. The van der Waals surface area contributed by atoms with Crippen LogP contribution in [0.4, 0.5) is 13.2 Å². The third-order valence-corrected chi connectivity index (χ3v) is 3.58. The predicted molar refractivity (Wildman–Crippen MR) is 85.1 cm³/mol. The van der Waals surface area contributed by atoms with Gasteiger partial charge < -0.3 is 10.5 Å². The van der Waals surface area contributed by atoms with Gasteiger partial charge in [0.25, 0.3) is 0 Å². The number of nitrogens with two attached hydrogens (primary N) is 1. The minimum atomic E-state index is -4.34. The van der Waals surface area contributed by atoms with Gasteiger partial charge in [0, 0.05) is 6.04 Å².